The van der Waals surface area contributed by atoms with E-state index in [2.05, 4.69) is 23.8 Å². The van der Waals surface area contributed by atoms with Crippen LogP contribution >= 0.6 is 0 Å². The minimum atomic E-state index is -0.655. The van der Waals surface area contributed by atoms with E-state index in [0.29, 0.717) is 0 Å². The predicted molar refractivity (Wildman–Crippen MR) is 67.8 cm³/mol. The Balaban J connectivity index is 2.05. The topological polar surface area (TPSA) is 41.3 Å². The van der Waals surface area contributed by atoms with Crippen molar-refractivity contribution in [2.45, 2.75) is 45.3 Å². The van der Waals surface area contributed by atoms with Crippen molar-refractivity contribution < 1.29 is 5.11 Å². The zero-order valence-corrected chi connectivity index (χ0v) is 10.9. The Morgan fingerprint density at radius 1 is 1.35 bits per heavy atom. The van der Waals surface area contributed by atoms with Crippen LogP contribution in [0.1, 0.15) is 38.7 Å². The number of aryl methyl sites for hydroxylation is 1. The van der Waals surface area contributed by atoms with Crippen LogP contribution in [-0.4, -0.2) is 39.4 Å². The normalized spacial score (nSPS) is 20.6. The average molecular weight is 237 g/mol. The van der Waals surface area contributed by atoms with Gasteiger partial charge in [0.15, 0.2) is 0 Å². The van der Waals surface area contributed by atoms with Crippen LogP contribution in [0.25, 0.3) is 0 Å². The highest BCUT2D eigenvalue weighted by atomic mass is 16.3. The lowest BCUT2D eigenvalue weighted by atomic mass is 9.86. The molecule has 2 heterocycles. The first kappa shape index (κ1) is 12.6. The maximum absolute atomic E-state index is 10.7. The number of hydrogen-bond donors (Lipinski definition) is 1. The fourth-order valence-corrected chi connectivity index (χ4v) is 2.48. The van der Waals surface area contributed by atoms with Gasteiger partial charge < -0.3 is 10.0 Å². The smallest absolute Gasteiger partial charge is 0.0951 e. The molecule has 1 aromatic rings. The number of aliphatic hydroxyl groups is 1. The molecular weight excluding hydrogens is 214 g/mol. The first-order valence-corrected chi connectivity index (χ1v) is 6.65. The van der Waals surface area contributed by atoms with E-state index in [9.17, 15) is 5.11 Å². The Labute approximate surface area is 103 Å². The Kier molecular flexibility index (Phi) is 3.84. The summed E-state index contributed by atoms with van der Waals surface area (Å²) in [6.45, 7) is 8.26. The van der Waals surface area contributed by atoms with E-state index in [4.69, 9.17) is 0 Å². The van der Waals surface area contributed by atoms with Crippen molar-refractivity contribution >= 4 is 0 Å². The number of piperidine rings is 1. The number of hydrogen-bond acceptors (Lipinski definition) is 3. The van der Waals surface area contributed by atoms with Gasteiger partial charge in [0.1, 0.15) is 0 Å². The molecule has 1 saturated heterocycles. The van der Waals surface area contributed by atoms with Gasteiger partial charge in [-0.05, 0) is 25.8 Å². The molecule has 96 valence electrons. The molecule has 0 spiro atoms. The first-order valence-electron chi connectivity index (χ1n) is 6.65. The molecule has 4 nitrogen and oxygen atoms in total. The zero-order valence-electron chi connectivity index (χ0n) is 10.9. The van der Waals surface area contributed by atoms with Crippen molar-refractivity contribution in [1.82, 2.24) is 14.7 Å². The Morgan fingerprint density at radius 2 is 2.06 bits per heavy atom. The number of likely N-dealkylation sites (tertiary alicyclic amines) is 1. The van der Waals surface area contributed by atoms with Crippen LogP contribution in [0.2, 0.25) is 0 Å². The second kappa shape index (κ2) is 5.19. The monoisotopic (exact) mass is 237 g/mol. The molecule has 0 radical (unpaired) electrons. The van der Waals surface area contributed by atoms with Crippen molar-refractivity contribution in [3.05, 3.63) is 18.0 Å². The van der Waals surface area contributed by atoms with Crippen LogP contribution in [0.15, 0.2) is 12.4 Å². The Hall–Kier alpha value is -0.870. The van der Waals surface area contributed by atoms with E-state index in [0.717, 1.165) is 51.0 Å². The maximum atomic E-state index is 10.7. The van der Waals surface area contributed by atoms with Gasteiger partial charge in [0.05, 0.1) is 11.8 Å². The number of rotatable bonds is 4. The predicted octanol–water partition coefficient (Wildman–Crippen LogP) is 1.60. The quantitative estimate of drug-likeness (QED) is 0.864. The van der Waals surface area contributed by atoms with E-state index in [-0.39, 0.29) is 0 Å². The fourth-order valence-electron chi connectivity index (χ4n) is 2.48. The molecule has 2 rings (SSSR count). The molecule has 0 bridgehead atoms. The highest BCUT2D eigenvalue weighted by molar-refractivity contribution is 5.16. The standard InChI is InChI=1S/C13H23N3O/c1-3-7-16-11-12(10-14-16)13(17)5-8-15(4-2)9-6-13/h10-11,17H,3-9H2,1-2H3. The summed E-state index contributed by atoms with van der Waals surface area (Å²) in [5, 5.41) is 15.0. The van der Waals surface area contributed by atoms with Crippen LogP contribution in [0, 0.1) is 0 Å². The van der Waals surface area contributed by atoms with Gasteiger partial charge in [-0.3, -0.25) is 4.68 Å². The molecule has 0 aliphatic carbocycles. The fraction of sp³-hybridized carbons (Fsp3) is 0.769. The molecule has 0 unspecified atom stereocenters. The summed E-state index contributed by atoms with van der Waals surface area (Å²) in [5.74, 6) is 0. The highest BCUT2D eigenvalue weighted by Gasteiger charge is 2.34. The minimum absolute atomic E-state index is 0.655. The molecular formula is C13H23N3O. The molecule has 1 N–H and O–H groups in total. The summed E-state index contributed by atoms with van der Waals surface area (Å²) in [6, 6.07) is 0. The molecule has 0 amide bonds. The first-order chi connectivity index (χ1) is 8.18. The third kappa shape index (κ3) is 2.69. The zero-order chi connectivity index (χ0) is 12.3. The van der Waals surface area contributed by atoms with Crippen molar-refractivity contribution in [3.63, 3.8) is 0 Å². The summed E-state index contributed by atoms with van der Waals surface area (Å²) in [6.07, 6.45) is 6.54. The van der Waals surface area contributed by atoms with Crippen molar-refractivity contribution in [1.29, 1.82) is 0 Å². The van der Waals surface area contributed by atoms with Gasteiger partial charge in [0, 0.05) is 31.4 Å². The lowest BCUT2D eigenvalue weighted by Gasteiger charge is -2.37. The van der Waals surface area contributed by atoms with Gasteiger partial charge in [-0.15, -0.1) is 0 Å². The van der Waals surface area contributed by atoms with Crippen molar-refractivity contribution in [2.75, 3.05) is 19.6 Å². The van der Waals surface area contributed by atoms with Gasteiger partial charge in [-0.1, -0.05) is 13.8 Å². The summed E-state index contributed by atoms with van der Waals surface area (Å²) in [4.78, 5) is 2.38. The second-order valence-corrected chi connectivity index (χ2v) is 4.96. The third-order valence-electron chi connectivity index (χ3n) is 3.75. The molecule has 0 aromatic carbocycles. The van der Waals surface area contributed by atoms with Gasteiger partial charge in [-0.25, -0.2) is 0 Å². The third-order valence-corrected chi connectivity index (χ3v) is 3.75. The van der Waals surface area contributed by atoms with Crippen LogP contribution in [0.5, 0.6) is 0 Å². The molecule has 4 heteroatoms. The van der Waals surface area contributed by atoms with E-state index < -0.39 is 5.60 Å². The summed E-state index contributed by atoms with van der Waals surface area (Å²) in [7, 11) is 0. The minimum Gasteiger partial charge on any atom is -0.385 e. The number of aromatic nitrogens is 2. The van der Waals surface area contributed by atoms with Crippen molar-refractivity contribution in [3.8, 4) is 0 Å². The SMILES string of the molecule is CCCn1cc(C2(O)CCN(CC)CC2)cn1. The molecule has 17 heavy (non-hydrogen) atoms. The maximum Gasteiger partial charge on any atom is 0.0951 e. The lowest BCUT2D eigenvalue weighted by Crippen LogP contribution is -2.42. The highest BCUT2D eigenvalue weighted by Crippen LogP contribution is 2.32. The van der Waals surface area contributed by atoms with Crippen LogP contribution < -0.4 is 0 Å². The Morgan fingerprint density at radius 3 is 2.65 bits per heavy atom. The largest absolute Gasteiger partial charge is 0.385 e. The second-order valence-electron chi connectivity index (χ2n) is 4.96. The van der Waals surface area contributed by atoms with E-state index >= 15 is 0 Å². The number of nitrogens with zero attached hydrogens (tertiary/aromatic N) is 3. The van der Waals surface area contributed by atoms with Crippen molar-refractivity contribution in [2.24, 2.45) is 0 Å². The van der Waals surface area contributed by atoms with Crippen LogP contribution in [-0.2, 0) is 12.1 Å². The van der Waals surface area contributed by atoms with Crippen LogP contribution in [0.4, 0.5) is 0 Å². The molecule has 0 atom stereocenters. The molecule has 1 fully saturated rings. The van der Waals surface area contributed by atoms with Gasteiger partial charge in [0.25, 0.3) is 0 Å². The molecule has 1 aliphatic rings. The van der Waals surface area contributed by atoms with Gasteiger partial charge in [-0.2, -0.15) is 5.10 Å². The molecule has 0 saturated carbocycles. The lowest BCUT2D eigenvalue weighted by molar-refractivity contribution is -0.0247. The molecule has 1 aliphatic heterocycles. The van der Waals surface area contributed by atoms with E-state index in [1.165, 1.54) is 0 Å². The summed E-state index contributed by atoms with van der Waals surface area (Å²) in [5.41, 5.74) is 0.333. The summed E-state index contributed by atoms with van der Waals surface area (Å²) >= 11 is 0. The average Bonchev–Trinajstić information content (AvgIpc) is 2.80. The van der Waals surface area contributed by atoms with Gasteiger partial charge in [0.2, 0.25) is 0 Å². The molecule has 1 aromatic heterocycles. The van der Waals surface area contributed by atoms with E-state index in [1.54, 1.807) is 0 Å². The Bertz CT molecular complexity index is 353. The van der Waals surface area contributed by atoms with Gasteiger partial charge >= 0.3 is 0 Å². The van der Waals surface area contributed by atoms with Crippen LogP contribution in [0.3, 0.4) is 0 Å². The summed E-state index contributed by atoms with van der Waals surface area (Å²) < 4.78 is 1.93. The van der Waals surface area contributed by atoms with E-state index in [1.807, 2.05) is 17.1 Å².